The summed E-state index contributed by atoms with van der Waals surface area (Å²) in [5.74, 6) is 0.550. The van der Waals surface area contributed by atoms with E-state index in [2.05, 4.69) is 97.0 Å². The molecule has 1 spiro atoms. The van der Waals surface area contributed by atoms with Crippen LogP contribution in [0.3, 0.4) is 0 Å². The molecule has 8 heterocycles. The van der Waals surface area contributed by atoms with Crippen LogP contribution in [0, 0.1) is 0 Å². The number of hydrogen-bond donors (Lipinski definition) is 2. The zero-order chi connectivity index (χ0) is 58.1. The van der Waals surface area contributed by atoms with E-state index in [-0.39, 0.29) is 49.9 Å². The third kappa shape index (κ3) is 8.43. The topological polar surface area (TPSA) is 310 Å². The molecule has 29 heteroatoms. The molecular weight excluding hydrogens is 1160 g/mol. The Kier molecular flexibility index (Phi) is 13.1. The van der Waals surface area contributed by atoms with Crippen molar-refractivity contribution in [2.45, 2.75) is 70.4 Å². The molecule has 12 rings (SSSR count). The van der Waals surface area contributed by atoms with Gasteiger partial charge in [-0.3, -0.25) is 0 Å². The van der Waals surface area contributed by atoms with Gasteiger partial charge in [0.05, 0.1) is 30.4 Å². The fourth-order valence-corrected chi connectivity index (χ4v) is 37.9. The molecule has 6 aromatic rings. The van der Waals surface area contributed by atoms with Gasteiger partial charge in [-0.05, 0) is 0 Å². The average molecular weight is 1230 g/mol. The summed E-state index contributed by atoms with van der Waals surface area (Å²) in [6, 6.07) is 33.5. The quantitative estimate of drug-likeness (QED) is 0.0361. The van der Waals surface area contributed by atoms with E-state index in [4.69, 9.17) is 33.9 Å². The van der Waals surface area contributed by atoms with Gasteiger partial charge in [-0.1, -0.05) is 0 Å². The first-order chi connectivity index (χ1) is 38.7. The molecule has 0 bridgehead atoms. The number of nitrogens with one attached hydrogen (secondary N) is 1. The fraction of sp³-hybridized carbons (Fsp3) is 0.377. The molecule has 4 aromatic carbocycles. The number of carbonyl (C=O) groups excluding carboxylic acids is 1. The van der Waals surface area contributed by atoms with E-state index >= 15 is 0 Å². The van der Waals surface area contributed by atoms with E-state index in [9.17, 15) is 43.7 Å². The summed E-state index contributed by atoms with van der Waals surface area (Å²) in [5.41, 5.74) is 10.9. The van der Waals surface area contributed by atoms with Crippen molar-refractivity contribution >= 4 is 117 Å². The van der Waals surface area contributed by atoms with Crippen LogP contribution in [-0.4, -0.2) is 171 Å². The van der Waals surface area contributed by atoms with Crippen molar-refractivity contribution in [1.82, 2.24) is 13.8 Å². The third-order valence-electron chi connectivity index (χ3n) is 16.9. The summed E-state index contributed by atoms with van der Waals surface area (Å²) >= 11 is 0. The number of nitrogens with two attached hydrogens (primary N) is 1. The van der Waals surface area contributed by atoms with Gasteiger partial charge >= 0.3 is 410 Å². The SMILES string of the molecule is C[Si](C)(CCCN)O[Si-2]123(O[Si](C)(C)CCCNC(=O)C[N+](CCCS(=O)(=O)[O-])(CCCS(=O)(=O)[O-])CCCS(=O)(=O)[O-])n4c5c6ccccc6c4N=C4c6ccccc6C(=[N+]41)N=c1c4ccccc4c(n12)=NC1=[N+]3C(=N5)c2ccccc21. The van der Waals surface area contributed by atoms with Crippen molar-refractivity contribution in [2.75, 3.05) is 56.5 Å². The van der Waals surface area contributed by atoms with Crippen LogP contribution in [0.25, 0.3) is 21.5 Å². The second-order valence-corrected chi connectivity index (χ2v) is 42.4. The number of amidine groups is 4. The number of nitrogens with zero attached hydrogens (tertiary/aromatic N) is 9. The van der Waals surface area contributed by atoms with Crippen LogP contribution in [0.2, 0.25) is 38.3 Å². The van der Waals surface area contributed by atoms with E-state index in [1.165, 1.54) is 0 Å². The molecule has 0 aliphatic carbocycles. The van der Waals surface area contributed by atoms with Gasteiger partial charge in [0.1, 0.15) is 0 Å². The van der Waals surface area contributed by atoms with Gasteiger partial charge in [0, 0.05) is 0 Å². The zero-order valence-corrected chi connectivity index (χ0v) is 51.2. The van der Waals surface area contributed by atoms with E-state index in [0.717, 1.165) is 43.8 Å². The molecule has 1 amide bonds. The first kappa shape index (κ1) is 56.4. The molecule has 0 saturated heterocycles. The van der Waals surface area contributed by atoms with E-state index in [0.29, 0.717) is 77.4 Å². The van der Waals surface area contributed by atoms with Crippen LogP contribution in [0.4, 0.5) is 11.6 Å². The number of benzene rings is 4. The molecule has 0 radical (unpaired) electrons. The molecule has 0 atom stereocenters. The van der Waals surface area contributed by atoms with Gasteiger partial charge in [0.25, 0.3) is 0 Å². The number of aliphatic imine (C=N–C) groups is 2. The van der Waals surface area contributed by atoms with Crippen molar-refractivity contribution in [1.29, 1.82) is 0 Å². The van der Waals surface area contributed by atoms with Gasteiger partial charge in [-0.15, -0.1) is 0 Å². The number of hydrogen-bond acceptors (Lipinski definition) is 17. The molecule has 2 aromatic heterocycles. The number of rotatable bonds is 25. The Balaban J connectivity index is 1.05. The summed E-state index contributed by atoms with van der Waals surface area (Å²) in [6.07, 6.45) is 0.232. The van der Waals surface area contributed by atoms with Crippen LogP contribution < -0.4 is 22.0 Å². The molecule has 6 aliphatic heterocycles. The number of amides is 1. The molecule has 0 fully saturated rings. The van der Waals surface area contributed by atoms with Gasteiger partial charge in [-0.2, -0.15) is 0 Å². The van der Waals surface area contributed by atoms with Gasteiger partial charge in [0.2, 0.25) is 0 Å². The maximum atomic E-state index is 14.3. The second kappa shape index (κ2) is 19.0. The molecule has 434 valence electrons. The standard InChI is InChI=1S/C53H65N11O12S3Si3/c1-80(2,34-13-26-54)75-82(76-81(3,4)35-14-27-55-45(65)36-64(28-15-31-77(66,67)68,29-16-32-78(69,70)71)30-17-33-79(72,73)74)60-46-37-18-5-6-19-38(37)47(60)57-49-41-22-9-10-23-42(41)51(62(49)82)59-53-44-25-12-11-24-43(44)52(63(53)82)58-50-40-21-8-7-20-39(40)48(56-46)61(50)82/h5-12,18-25H,13-17,26-36,54H2,1-4H3,(H3-,55,65,66,67,68,69,70,71,72,73,74)/p-2. The summed E-state index contributed by atoms with van der Waals surface area (Å²) < 4.78 is 133. The Morgan fingerprint density at radius 2 is 0.963 bits per heavy atom. The molecule has 3 N–H and O–H groups in total. The minimum absolute atomic E-state index is 0.0903. The fourth-order valence-electron chi connectivity index (χ4n) is 14.2. The first-order valence-corrected chi connectivity index (χ1v) is 41.1. The van der Waals surface area contributed by atoms with Crippen molar-refractivity contribution in [3.8, 4) is 0 Å². The average Bonchev–Trinajstić information content (AvgIpc) is 1.21. The van der Waals surface area contributed by atoms with Crippen molar-refractivity contribution < 1.29 is 64.9 Å². The van der Waals surface area contributed by atoms with Crippen LogP contribution in [-0.2, 0) is 43.4 Å². The summed E-state index contributed by atoms with van der Waals surface area (Å²) in [5, 5.41) is 6.33. The maximum absolute atomic E-state index is 14.3. The Morgan fingerprint density at radius 1 is 0.573 bits per heavy atom. The first-order valence-electron chi connectivity index (χ1n) is 27.5. The van der Waals surface area contributed by atoms with Crippen molar-refractivity contribution in [2.24, 2.45) is 25.7 Å². The van der Waals surface area contributed by atoms with Gasteiger partial charge < -0.3 is 13.7 Å². The number of fused-ring (bicyclic) bond motifs is 12. The Morgan fingerprint density at radius 3 is 1.38 bits per heavy atom. The van der Waals surface area contributed by atoms with Crippen LogP contribution >= 0.6 is 0 Å². The number of aromatic nitrogens is 2. The molecule has 0 saturated carbocycles. The molecule has 82 heavy (non-hydrogen) atoms. The molecule has 6 aliphatic rings. The summed E-state index contributed by atoms with van der Waals surface area (Å²) in [7, 11) is -27.9. The molecule has 23 nitrogen and oxygen atoms in total. The van der Waals surface area contributed by atoms with Crippen LogP contribution in [0.1, 0.15) is 54.4 Å². The van der Waals surface area contributed by atoms with E-state index < -0.39 is 84.5 Å². The third-order valence-corrected chi connectivity index (χ3v) is 36.0. The van der Waals surface area contributed by atoms with E-state index in [1.807, 2.05) is 48.5 Å². The number of quaternary nitrogens is 1. The van der Waals surface area contributed by atoms with Crippen molar-refractivity contribution in [3.63, 3.8) is 0 Å². The Bertz CT molecular complexity index is 4180. The van der Waals surface area contributed by atoms with Gasteiger partial charge in [0.15, 0.2) is 0 Å². The van der Waals surface area contributed by atoms with E-state index in [1.54, 1.807) is 0 Å². The summed E-state index contributed by atoms with van der Waals surface area (Å²) in [4.78, 5) is 37.3. The predicted octanol–water partition coefficient (Wildman–Crippen LogP) is 3.25. The number of carbonyl (C=O) groups is 1. The van der Waals surface area contributed by atoms with Gasteiger partial charge in [-0.25, -0.2) is 25.3 Å². The second-order valence-electron chi connectivity index (χ2n) is 23.6. The summed E-state index contributed by atoms with van der Waals surface area (Å²) in [6.45, 7) is 8.34. The minimum atomic E-state index is -7.01. The Labute approximate surface area is 476 Å². The predicted molar refractivity (Wildman–Crippen MR) is 312 cm³/mol. The Hall–Kier alpha value is -6.07. The molecule has 0 unspecified atom stereocenters. The normalized spacial score (nSPS) is 18.5. The van der Waals surface area contributed by atoms with Crippen LogP contribution in [0.5, 0.6) is 0 Å². The monoisotopic (exact) mass is 1230 g/mol. The molecular formula is C53H63N11O12S3Si3-2. The van der Waals surface area contributed by atoms with Crippen molar-refractivity contribution in [3.05, 3.63) is 130 Å². The zero-order valence-electron chi connectivity index (χ0n) is 45.8. The van der Waals surface area contributed by atoms with Crippen LogP contribution in [0.15, 0.2) is 117 Å².